The van der Waals surface area contributed by atoms with Crippen LogP contribution in [0.2, 0.25) is 0 Å². The minimum Gasteiger partial charge on any atom is -0.327 e. The fraction of sp³-hybridized carbons (Fsp3) is 0.345. The van der Waals surface area contributed by atoms with Gasteiger partial charge in [0.05, 0.1) is 11.0 Å². The van der Waals surface area contributed by atoms with E-state index in [0.29, 0.717) is 5.41 Å². The molecule has 3 heterocycles. The largest absolute Gasteiger partial charge is 0.327 e. The van der Waals surface area contributed by atoms with Crippen molar-refractivity contribution in [3.8, 4) is 22.5 Å². The van der Waals surface area contributed by atoms with E-state index in [0.717, 1.165) is 23.4 Å². The van der Waals surface area contributed by atoms with Gasteiger partial charge < -0.3 is 9.47 Å². The molecule has 0 amide bonds. The van der Waals surface area contributed by atoms with Crippen molar-refractivity contribution in [2.75, 3.05) is 39.5 Å². The molecular weight excluding hydrogens is 436 g/mol. The molecule has 4 aromatic rings. The third-order valence-corrected chi connectivity index (χ3v) is 8.29. The Morgan fingerprint density at radius 1 is 0.853 bits per heavy atom. The van der Waals surface area contributed by atoms with Crippen molar-refractivity contribution in [3.63, 3.8) is 0 Å². The molecule has 2 aliphatic rings. The fourth-order valence-electron chi connectivity index (χ4n) is 6.00. The van der Waals surface area contributed by atoms with E-state index < -0.39 is 0 Å². The summed E-state index contributed by atoms with van der Waals surface area (Å²) in [5.74, 6) is 1.02. The first-order chi connectivity index (χ1) is 16.4. The van der Waals surface area contributed by atoms with Gasteiger partial charge >= 0.3 is 0 Å². The molecule has 34 heavy (non-hydrogen) atoms. The minimum atomic E-state index is 0.598. The molecule has 3 aromatic carbocycles. The molecule has 5 heteroatoms. The molecule has 0 aliphatic carbocycles. The average Bonchev–Trinajstić information content (AvgIpc) is 3.14. The maximum Gasteiger partial charge on any atom is 0.140 e. The van der Waals surface area contributed by atoms with E-state index in [4.69, 9.17) is 4.98 Å². The number of hydrogen-bond acceptors (Lipinski definition) is 4. The van der Waals surface area contributed by atoms with Crippen LogP contribution in [0.3, 0.4) is 0 Å². The predicted molar refractivity (Wildman–Crippen MR) is 143 cm³/mol. The number of benzene rings is 3. The monoisotopic (exact) mass is 468 g/mol. The molecule has 0 radical (unpaired) electrons. The summed E-state index contributed by atoms with van der Waals surface area (Å²) in [4.78, 5) is 11.3. The van der Waals surface area contributed by atoms with Gasteiger partial charge in [0.25, 0.3) is 0 Å². The van der Waals surface area contributed by atoms with Crippen molar-refractivity contribution in [1.82, 2.24) is 19.4 Å². The lowest BCUT2D eigenvalue weighted by Crippen LogP contribution is -2.70. The Labute approximate surface area is 206 Å². The van der Waals surface area contributed by atoms with Crippen molar-refractivity contribution in [1.29, 1.82) is 0 Å². The van der Waals surface area contributed by atoms with Gasteiger partial charge in [0.1, 0.15) is 5.82 Å². The smallest absolute Gasteiger partial charge is 0.140 e. The Bertz CT molecular complexity index is 1340. The highest BCUT2D eigenvalue weighted by atomic mass is 32.2. The number of fused-ring (bicyclic) bond motifs is 1. The Balaban J connectivity index is 1.23. The lowest BCUT2D eigenvalue weighted by Gasteiger charge is -2.59. The number of rotatable bonds is 5. The van der Waals surface area contributed by atoms with E-state index in [2.05, 4.69) is 102 Å². The SMILES string of the molecule is CSc1ccc(-c2nc3c(C)cc(-c4ccc(CN5CC6(CN(C)C6)C5)cc4)cc3n2C)cc1. The molecule has 6 rings (SSSR count). The van der Waals surface area contributed by atoms with Crippen LogP contribution in [-0.4, -0.2) is 58.8 Å². The molecular formula is C29H32N4S. The lowest BCUT2D eigenvalue weighted by atomic mass is 9.73. The summed E-state index contributed by atoms with van der Waals surface area (Å²) in [5.41, 5.74) is 9.16. The highest BCUT2D eigenvalue weighted by Crippen LogP contribution is 2.39. The fourth-order valence-corrected chi connectivity index (χ4v) is 6.40. The normalized spacial score (nSPS) is 17.8. The van der Waals surface area contributed by atoms with Crippen LogP contribution in [0.1, 0.15) is 11.1 Å². The molecule has 4 nitrogen and oxygen atoms in total. The maximum atomic E-state index is 5.01. The molecule has 0 N–H and O–H groups in total. The lowest BCUT2D eigenvalue weighted by molar-refractivity contribution is -0.107. The highest BCUT2D eigenvalue weighted by molar-refractivity contribution is 7.98. The summed E-state index contributed by atoms with van der Waals surface area (Å²) in [6.07, 6.45) is 2.11. The topological polar surface area (TPSA) is 24.3 Å². The third kappa shape index (κ3) is 3.76. The van der Waals surface area contributed by atoms with E-state index in [-0.39, 0.29) is 0 Å². The first-order valence-electron chi connectivity index (χ1n) is 12.0. The van der Waals surface area contributed by atoms with Crippen molar-refractivity contribution >= 4 is 22.8 Å². The second-order valence-corrected chi connectivity index (χ2v) is 11.3. The van der Waals surface area contributed by atoms with Gasteiger partial charge in [-0.2, -0.15) is 0 Å². The number of likely N-dealkylation sites (tertiary alicyclic amines) is 2. The van der Waals surface area contributed by atoms with E-state index in [1.807, 2.05) is 0 Å². The van der Waals surface area contributed by atoms with Gasteiger partial charge in [-0.15, -0.1) is 11.8 Å². The van der Waals surface area contributed by atoms with Crippen molar-refractivity contribution in [2.45, 2.75) is 18.4 Å². The summed E-state index contributed by atoms with van der Waals surface area (Å²) in [6, 6.07) is 22.4. The van der Waals surface area contributed by atoms with Crippen LogP contribution < -0.4 is 0 Å². The Morgan fingerprint density at radius 3 is 2.18 bits per heavy atom. The zero-order chi connectivity index (χ0) is 23.4. The first-order valence-corrected chi connectivity index (χ1v) is 13.3. The van der Waals surface area contributed by atoms with E-state index >= 15 is 0 Å². The van der Waals surface area contributed by atoms with Gasteiger partial charge in [-0.25, -0.2) is 4.98 Å². The predicted octanol–water partition coefficient (Wildman–Crippen LogP) is 5.69. The van der Waals surface area contributed by atoms with Crippen LogP contribution in [-0.2, 0) is 13.6 Å². The number of aromatic nitrogens is 2. The molecule has 1 spiro atoms. The summed E-state index contributed by atoms with van der Waals surface area (Å²) in [6.45, 7) is 8.26. The molecule has 1 aromatic heterocycles. The zero-order valence-electron chi connectivity index (χ0n) is 20.5. The highest BCUT2D eigenvalue weighted by Gasteiger charge is 2.49. The van der Waals surface area contributed by atoms with Gasteiger partial charge in [-0.3, -0.25) is 4.90 Å². The number of nitrogens with zero attached hydrogens (tertiary/aromatic N) is 4. The van der Waals surface area contributed by atoms with Gasteiger partial charge in [0.15, 0.2) is 0 Å². The van der Waals surface area contributed by atoms with Crippen LogP contribution in [0.15, 0.2) is 65.6 Å². The van der Waals surface area contributed by atoms with E-state index in [9.17, 15) is 0 Å². The molecule has 0 atom stereocenters. The number of imidazole rings is 1. The molecule has 2 saturated heterocycles. The molecule has 0 saturated carbocycles. The number of aryl methyl sites for hydroxylation is 2. The van der Waals surface area contributed by atoms with Crippen LogP contribution in [0.5, 0.6) is 0 Å². The third-order valence-electron chi connectivity index (χ3n) is 7.55. The minimum absolute atomic E-state index is 0.598. The number of hydrogen-bond donors (Lipinski definition) is 0. The average molecular weight is 469 g/mol. The van der Waals surface area contributed by atoms with E-state index in [1.165, 1.54) is 58.8 Å². The Morgan fingerprint density at radius 2 is 1.53 bits per heavy atom. The van der Waals surface area contributed by atoms with Crippen LogP contribution >= 0.6 is 11.8 Å². The van der Waals surface area contributed by atoms with Gasteiger partial charge in [0.2, 0.25) is 0 Å². The maximum absolute atomic E-state index is 5.01. The van der Waals surface area contributed by atoms with Crippen LogP contribution in [0.25, 0.3) is 33.5 Å². The van der Waals surface area contributed by atoms with Crippen LogP contribution in [0.4, 0.5) is 0 Å². The van der Waals surface area contributed by atoms with Gasteiger partial charge in [0, 0.05) is 55.6 Å². The Hall–Kier alpha value is -2.60. The Kier molecular flexibility index (Phi) is 5.32. The standard InChI is InChI=1S/C29H32N4S/c1-20-13-24(14-26-27(20)30-28(32(26)3)23-9-11-25(34-4)12-10-23)22-7-5-21(6-8-22)15-33-18-29(19-33)16-31(2)17-29/h5-14H,15-19H2,1-4H3. The summed E-state index contributed by atoms with van der Waals surface area (Å²) in [5, 5.41) is 0. The van der Waals surface area contributed by atoms with Crippen molar-refractivity contribution in [2.24, 2.45) is 12.5 Å². The molecule has 2 aliphatic heterocycles. The van der Waals surface area contributed by atoms with Crippen molar-refractivity contribution < 1.29 is 0 Å². The summed E-state index contributed by atoms with van der Waals surface area (Å²) >= 11 is 1.76. The second-order valence-electron chi connectivity index (χ2n) is 10.4. The quantitative estimate of drug-likeness (QED) is 0.352. The zero-order valence-corrected chi connectivity index (χ0v) is 21.3. The number of thioether (sulfide) groups is 1. The van der Waals surface area contributed by atoms with E-state index in [1.54, 1.807) is 11.8 Å². The first kappa shape index (κ1) is 21.9. The molecule has 0 unspecified atom stereocenters. The second kappa shape index (κ2) is 8.26. The van der Waals surface area contributed by atoms with Crippen molar-refractivity contribution in [3.05, 3.63) is 71.8 Å². The molecule has 2 fully saturated rings. The van der Waals surface area contributed by atoms with Gasteiger partial charge in [-0.1, -0.05) is 36.4 Å². The molecule has 0 bridgehead atoms. The van der Waals surface area contributed by atoms with Crippen LogP contribution in [0, 0.1) is 12.3 Å². The summed E-state index contributed by atoms with van der Waals surface area (Å²) < 4.78 is 2.23. The summed E-state index contributed by atoms with van der Waals surface area (Å²) in [7, 11) is 4.35. The molecule has 174 valence electrons. The van der Waals surface area contributed by atoms with Gasteiger partial charge in [-0.05, 0) is 66.7 Å².